The van der Waals surface area contributed by atoms with Crippen LogP contribution >= 0.6 is 0 Å². The first-order chi connectivity index (χ1) is 35.9. The smallest absolute Gasteiger partial charge is 0.135 e. The predicted molar refractivity (Wildman–Crippen MR) is 306 cm³/mol. The van der Waals surface area contributed by atoms with E-state index in [0.29, 0.717) is 11.5 Å². The van der Waals surface area contributed by atoms with Crippen LogP contribution < -0.4 is 14.5 Å². The van der Waals surface area contributed by atoms with Crippen molar-refractivity contribution in [3.05, 3.63) is 223 Å². The van der Waals surface area contributed by atoms with E-state index in [4.69, 9.17) is 9.72 Å². The summed E-state index contributed by atoms with van der Waals surface area (Å²) in [5.41, 5.74) is 15.5. The number of para-hydroxylation sites is 3. The van der Waals surface area contributed by atoms with E-state index in [1.807, 2.05) is 42.6 Å². The van der Waals surface area contributed by atoms with Gasteiger partial charge in [0.25, 0.3) is 0 Å². The Labute approximate surface area is 461 Å². The summed E-state index contributed by atoms with van der Waals surface area (Å²) in [5.74, 6) is 1.73. The minimum Gasteiger partial charge on any atom is -0.509 e. The van der Waals surface area contributed by atoms with Gasteiger partial charge >= 0.3 is 0 Å². The number of nitrogens with zero attached hydrogens (tertiary/aromatic N) is 4. The molecule has 0 fully saturated rings. The van der Waals surface area contributed by atoms with E-state index in [2.05, 4.69) is 206 Å². The molecule has 0 unspecified atom stereocenters. The Morgan fingerprint density at radius 2 is 1.12 bits per heavy atom. The number of ether oxygens (including phenoxy) is 1. The Kier molecular flexibility index (Phi) is 13.9. The zero-order chi connectivity index (χ0) is 52.5. The molecular formula is C68H61F2N4OPt-3. The predicted octanol–water partition coefficient (Wildman–Crippen LogP) is 19.1. The molecule has 2 aromatic heterocycles. The van der Waals surface area contributed by atoms with Gasteiger partial charge in [0.2, 0.25) is 0 Å². The number of hydrogen-bond donors (Lipinski definition) is 0. The zero-order valence-electron chi connectivity index (χ0n) is 44.7. The molecule has 0 N–H and O–H groups in total. The van der Waals surface area contributed by atoms with Gasteiger partial charge in [-0.2, -0.15) is 6.07 Å². The number of benzene rings is 8. The molecule has 8 heteroatoms. The van der Waals surface area contributed by atoms with Crippen molar-refractivity contribution < 1.29 is 34.6 Å². The molecule has 5 nitrogen and oxygen atoms in total. The molecule has 0 saturated carbocycles. The van der Waals surface area contributed by atoms with Crippen LogP contribution in [0.1, 0.15) is 103 Å². The van der Waals surface area contributed by atoms with Crippen LogP contribution in [-0.2, 0) is 31.9 Å². The molecule has 10 aromatic rings. The average molecular weight is 1180 g/mol. The monoisotopic (exact) mass is 1180 g/mol. The number of rotatable bonds is 10. The first-order valence-corrected chi connectivity index (χ1v) is 25.9. The van der Waals surface area contributed by atoms with Crippen molar-refractivity contribution in [2.45, 2.75) is 91.9 Å². The van der Waals surface area contributed by atoms with Gasteiger partial charge in [0.05, 0.1) is 0 Å². The van der Waals surface area contributed by atoms with Crippen LogP contribution in [0, 0.1) is 30.4 Å². The van der Waals surface area contributed by atoms with Crippen LogP contribution in [0.15, 0.2) is 170 Å². The summed E-state index contributed by atoms with van der Waals surface area (Å²) >= 11 is 0. The van der Waals surface area contributed by atoms with Gasteiger partial charge in [-0.1, -0.05) is 148 Å². The second kappa shape index (κ2) is 20.3. The van der Waals surface area contributed by atoms with E-state index in [1.165, 1.54) is 46.5 Å². The minimum atomic E-state index is -0.314. The Hall–Kier alpha value is -7.34. The molecule has 1 aliphatic heterocycles. The number of aromatic nitrogens is 2. The van der Waals surface area contributed by atoms with Crippen LogP contribution in [0.4, 0.5) is 31.5 Å². The maximum absolute atomic E-state index is 14.7. The van der Waals surface area contributed by atoms with Gasteiger partial charge in [-0.05, 0) is 134 Å². The molecule has 0 radical (unpaired) electrons. The van der Waals surface area contributed by atoms with Gasteiger partial charge in [0.15, 0.2) is 0 Å². The maximum atomic E-state index is 14.7. The molecule has 3 heterocycles. The molecule has 0 bridgehead atoms. The van der Waals surface area contributed by atoms with Gasteiger partial charge in [-0.3, -0.25) is 0 Å². The summed E-state index contributed by atoms with van der Waals surface area (Å²) in [5, 5.41) is 2.15. The third-order valence-electron chi connectivity index (χ3n) is 14.5. The third kappa shape index (κ3) is 9.75. The fraction of sp³-hybridized carbons (Fsp3) is 0.206. The first kappa shape index (κ1) is 52.1. The number of anilines is 4. The summed E-state index contributed by atoms with van der Waals surface area (Å²) in [7, 11) is 0. The van der Waals surface area contributed by atoms with Gasteiger partial charge in [-0.25, -0.2) is 13.8 Å². The number of pyridine rings is 1. The molecule has 0 aliphatic carbocycles. The van der Waals surface area contributed by atoms with E-state index in [9.17, 15) is 8.78 Å². The normalized spacial score (nSPS) is 12.8. The van der Waals surface area contributed by atoms with Crippen LogP contribution in [0.3, 0.4) is 0 Å². The summed E-state index contributed by atoms with van der Waals surface area (Å²) in [6.07, 6.45) is 1.89. The topological polar surface area (TPSA) is 33.5 Å². The molecule has 8 aromatic carbocycles. The molecule has 0 saturated heterocycles. The Bertz CT molecular complexity index is 3700. The van der Waals surface area contributed by atoms with Crippen LogP contribution in [0.25, 0.3) is 61.0 Å². The minimum absolute atomic E-state index is 0. The van der Waals surface area contributed by atoms with Crippen molar-refractivity contribution >= 4 is 44.6 Å². The van der Waals surface area contributed by atoms with Crippen molar-refractivity contribution in [3.8, 4) is 50.7 Å². The van der Waals surface area contributed by atoms with Crippen LogP contribution in [0.2, 0.25) is 0 Å². The first-order valence-electron chi connectivity index (χ1n) is 25.9. The molecule has 1 aliphatic rings. The van der Waals surface area contributed by atoms with Gasteiger partial charge in [0.1, 0.15) is 17.5 Å². The van der Waals surface area contributed by atoms with Crippen molar-refractivity contribution in [2.24, 2.45) is 0 Å². The van der Waals surface area contributed by atoms with Crippen LogP contribution in [0.5, 0.6) is 11.5 Å². The van der Waals surface area contributed by atoms with Gasteiger partial charge in [0, 0.05) is 72.5 Å². The van der Waals surface area contributed by atoms with Gasteiger partial charge < -0.3 is 19.1 Å². The SMILES string of the molecule is CC(C)c1cccc(C(C)C)c1-c1cc(Oc2[c-]c3c(cc2)c2ccccc2n3-c2cc(C(C)(C)C)ccn2)[c-]c(N2[CH-]N(c3c(-c4ccc(F)cc4)cc(C(C)(C)C)cc3-c3ccc(F)cc3)c3ccccc32)c1.[Pt]. The largest absolute Gasteiger partial charge is 0.509 e. The fourth-order valence-corrected chi connectivity index (χ4v) is 10.5. The number of halogens is 2. The van der Waals surface area contributed by atoms with Crippen molar-refractivity contribution in [1.29, 1.82) is 0 Å². The standard InChI is InChI=1S/C68H61F2N4O.Pt/c1-42(2)54-17-15-18-55(43(3)4)65(54)46-34-51(39-53(35-46)75-52-30-31-57-56-16-11-12-19-60(56)74(63(57)40-52)64-38-47(32-33-71-64)67(5,6)7)72-41-73(62-21-14-13-20-61(62)72)66-58(44-22-26-49(69)27-23-44)36-48(68(8,9)10)37-59(66)45-24-28-50(70)29-25-45;/h11-38,41-43H,1-10H3;/q-3;. The van der Waals surface area contributed by atoms with E-state index >= 15 is 0 Å². The zero-order valence-corrected chi connectivity index (χ0v) is 46.9. The molecule has 11 rings (SSSR count). The molecule has 386 valence electrons. The van der Waals surface area contributed by atoms with Crippen molar-refractivity contribution in [2.75, 3.05) is 9.80 Å². The maximum Gasteiger partial charge on any atom is 0.135 e. The average Bonchev–Trinajstić information content (AvgIpc) is 4.02. The Balaban J connectivity index is 0.00000657. The van der Waals surface area contributed by atoms with E-state index in [0.717, 1.165) is 83.8 Å². The van der Waals surface area contributed by atoms with Crippen LogP contribution in [-0.4, -0.2) is 9.55 Å². The van der Waals surface area contributed by atoms with E-state index in [1.54, 1.807) is 0 Å². The quantitative estimate of drug-likeness (QED) is 0.128. The third-order valence-corrected chi connectivity index (χ3v) is 14.5. The van der Waals surface area contributed by atoms with E-state index < -0.39 is 0 Å². The summed E-state index contributed by atoms with van der Waals surface area (Å²) in [6, 6.07) is 61.4. The summed E-state index contributed by atoms with van der Waals surface area (Å²) in [4.78, 5) is 9.31. The Morgan fingerprint density at radius 3 is 1.71 bits per heavy atom. The second-order valence-corrected chi connectivity index (χ2v) is 22.5. The Morgan fingerprint density at radius 1 is 0.539 bits per heavy atom. The molecular weight excluding hydrogens is 1120 g/mol. The second-order valence-electron chi connectivity index (χ2n) is 22.5. The summed E-state index contributed by atoms with van der Waals surface area (Å²) < 4.78 is 38.7. The molecule has 0 spiro atoms. The molecule has 76 heavy (non-hydrogen) atoms. The summed E-state index contributed by atoms with van der Waals surface area (Å²) in [6.45, 7) is 24.3. The number of hydrogen-bond acceptors (Lipinski definition) is 4. The van der Waals surface area contributed by atoms with Gasteiger partial charge in [-0.15, -0.1) is 53.6 Å². The fourth-order valence-electron chi connectivity index (χ4n) is 10.5. The van der Waals surface area contributed by atoms with Crippen molar-refractivity contribution in [1.82, 2.24) is 9.55 Å². The van der Waals surface area contributed by atoms with E-state index in [-0.39, 0.29) is 55.4 Å². The van der Waals surface area contributed by atoms with Crippen molar-refractivity contribution in [3.63, 3.8) is 0 Å². The number of fused-ring (bicyclic) bond motifs is 4. The molecule has 0 amide bonds. The molecule has 0 atom stereocenters.